The third kappa shape index (κ3) is 3.34. The quantitative estimate of drug-likeness (QED) is 0.469. The van der Waals surface area contributed by atoms with Gasteiger partial charge >= 0.3 is 7.67 Å². The SMILES string of the molecule is O=P1(N2CC[N+]3(CCCCC3)CC2)NCCCO1.[Cl-]. The molecule has 1 unspecified atom stereocenters. The lowest BCUT2D eigenvalue weighted by Gasteiger charge is -2.48. The fraction of sp³-hybridized carbons (Fsp3) is 1.00. The molecule has 0 aromatic rings. The second-order valence-electron chi connectivity index (χ2n) is 5.87. The molecule has 0 bridgehead atoms. The van der Waals surface area contributed by atoms with Crippen LogP contribution in [0, 0.1) is 0 Å². The van der Waals surface area contributed by atoms with Crippen molar-refractivity contribution in [3.05, 3.63) is 0 Å². The predicted molar refractivity (Wildman–Crippen MR) is 71.3 cm³/mol. The zero-order valence-electron chi connectivity index (χ0n) is 11.5. The van der Waals surface area contributed by atoms with Gasteiger partial charge in [-0.2, -0.15) is 0 Å². The number of hydrogen-bond acceptors (Lipinski definition) is 2. The minimum Gasteiger partial charge on any atom is -1.00 e. The number of halogens is 1. The second kappa shape index (κ2) is 6.42. The fourth-order valence-corrected chi connectivity index (χ4v) is 5.46. The topological polar surface area (TPSA) is 41.6 Å². The first kappa shape index (κ1) is 15.7. The number of nitrogens with one attached hydrogen (secondary N) is 1. The first-order valence-corrected chi connectivity index (χ1v) is 8.91. The Labute approximate surface area is 122 Å². The van der Waals surface area contributed by atoms with Crippen molar-refractivity contribution in [2.24, 2.45) is 0 Å². The smallest absolute Gasteiger partial charge is 0.343 e. The van der Waals surface area contributed by atoms with E-state index in [2.05, 4.69) is 9.76 Å². The molecule has 19 heavy (non-hydrogen) atoms. The van der Waals surface area contributed by atoms with E-state index in [-0.39, 0.29) is 12.4 Å². The van der Waals surface area contributed by atoms with E-state index in [1.165, 1.54) is 36.8 Å². The summed E-state index contributed by atoms with van der Waals surface area (Å²) in [6.07, 6.45) is 5.10. The van der Waals surface area contributed by atoms with Crippen LogP contribution in [0.25, 0.3) is 0 Å². The third-order valence-electron chi connectivity index (χ3n) is 4.70. The highest BCUT2D eigenvalue weighted by atomic mass is 35.5. The van der Waals surface area contributed by atoms with Crippen LogP contribution < -0.4 is 17.5 Å². The molecule has 3 rings (SSSR count). The molecule has 0 aliphatic carbocycles. The normalized spacial score (nSPS) is 35.8. The van der Waals surface area contributed by atoms with Gasteiger partial charge in [0, 0.05) is 6.54 Å². The van der Waals surface area contributed by atoms with Crippen molar-refractivity contribution in [3.63, 3.8) is 0 Å². The Bertz CT molecular complexity index is 330. The summed E-state index contributed by atoms with van der Waals surface area (Å²) in [6.45, 7) is 8.26. The molecule has 3 aliphatic heterocycles. The maximum Gasteiger partial charge on any atom is 0.343 e. The number of piperidine rings is 1. The standard InChI is InChI=1S/C12H25N3O2P.ClH/c16-18(13-5-4-12-17-18)14-6-10-15(11-7-14)8-2-1-3-9-15;/h1-12H2,(H,13,16);1H/q+1;/p-1. The monoisotopic (exact) mass is 309 g/mol. The van der Waals surface area contributed by atoms with E-state index in [1.54, 1.807) is 0 Å². The van der Waals surface area contributed by atoms with Crippen LogP contribution in [0.3, 0.4) is 0 Å². The van der Waals surface area contributed by atoms with Crippen molar-refractivity contribution in [2.45, 2.75) is 25.7 Å². The van der Waals surface area contributed by atoms with E-state index in [9.17, 15) is 4.57 Å². The minimum atomic E-state index is -2.68. The molecule has 0 aromatic heterocycles. The molecule has 1 atom stereocenters. The predicted octanol–water partition coefficient (Wildman–Crippen LogP) is -1.58. The molecule has 0 aromatic carbocycles. The Morgan fingerprint density at radius 3 is 2.26 bits per heavy atom. The second-order valence-corrected chi connectivity index (χ2v) is 8.05. The highest BCUT2D eigenvalue weighted by molar-refractivity contribution is 7.54. The number of quaternary nitrogens is 1. The van der Waals surface area contributed by atoms with Crippen molar-refractivity contribution in [3.8, 4) is 0 Å². The molecular formula is C12H25ClN3O2P. The summed E-state index contributed by atoms with van der Waals surface area (Å²) in [4.78, 5) is 0. The molecule has 1 N–H and O–H groups in total. The van der Waals surface area contributed by atoms with Crippen molar-refractivity contribution in [2.75, 3.05) is 52.4 Å². The fourth-order valence-electron chi connectivity index (χ4n) is 3.48. The summed E-state index contributed by atoms with van der Waals surface area (Å²) in [7, 11) is -2.68. The van der Waals surface area contributed by atoms with Gasteiger partial charge in [0.05, 0.1) is 45.9 Å². The van der Waals surface area contributed by atoms with E-state index in [4.69, 9.17) is 4.52 Å². The molecule has 3 aliphatic rings. The van der Waals surface area contributed by atoms with Gasteiger partial charge in [0.25, 0.3) is 0 Å². The lowest BCUT2D eigenvalue weighted by Crippen LogP contribution is -3.00. The zero-order chi connectivity index (χ0) is 12.5. The molecule has 1 spiro atoms. The van der Waals surface area contributed by atoms with E-state index in [0.29, 0.717) is 6.61 Å². The molecule has 7 heteroatoms. The van der Waals surface area contributed by atoms with Crippen LogP contribution >= 0.6 is 7.67 Å². The first-order chi connectivity index (χ1) is 8.73. The summed E-state index contributed by atoms with van der Waals surface area (Å²) in [5, 5.41) is 3.11. The van der Waals surface area contributed by atoms with Gasteiger partial charge in [0.2, 0.25) is 0 Å². The van der Waals surface area contributed by atoms with Crippen LogP contribution in [-0.4, -0.2) is 61.6 Å². The van der Waals surface area contributed by atoms with Crippen LogP contribution in [0.5, 0.6) is 0 Å². The number of hydrogen-bond donors (Lipinski definition) is 1. The Morgan fingerprint density at radius 2 is 1.68 bits per heavy atom. The van der Waals surface area contributed by atoms with Gasteiger partial charge in [-0.1, -0.05) is 0 Å². The largest absolute Gasteiger partial charge is 1.00 e. The number of piperazine rings is 1. The molecule has 5 nitrogen and oxygen atoms in total. The maximum absolute atomic E-state index is 12.6. The van der Waals surface area contributed by atoms with Gasteiger partial charge in [-0.15, -0.1) is 0 Å². The minimum absolute atomic E-state index is 0. The van der Waals surface area contributed by atoms with Crippen molar-refractivity contribution in [1.29, 1.82) is 0 Å². The molecule has 0 amide bonds. The zero-order valence-corrected chi connectivity index (χ0v) is 13.2. The maximum atomic E-state index is 12.6. The van der Waals surface area contributed by atoms with Gasteiger partial charge in [-0.3, -0.25) is 4.57 Å². The average Bonchev–Trinajstić information content (AvgIpc) is 2.41. The van der Waals surface area contributed by atoms with Crippen molar-refractivity contribution < 1.29 is 26.0 Å². The van der Waals surface area contributed by atoms with Crippen molar-refractivity contribution >= 4 is 7.67 Å². The van der Waals surface area contributed by atoms with E-state index in [0.717, 1.165) is 39.1 Å². The van der Waals surface area contributed by atoms with E-state index in [1.807, 2.05) is 0 Å². The highest BCUT2D eigenvalue weighted by Gasteiger charge is 2.41. The van der Waals surface area contributed by atoms with E-state index >= 15 is 0 Å². The molecule has 3 heterocycles. The van der Waals surface area contributed by atoms with Crippen LogP contribution in [0.1, 0.15) is 25.7 Å². The molecule has 3 fully saturated rings. The van der Waals surface area contributed by atoms with Gasteiger partial charge in [-0.25, -0.2) is 9.76 Å². The Kier molecular flexibility index (Phi) is 5.32. The van der Waals surface area contributed by atoms with Gasteiger partial charge in [-0.05, 0) is 25.7 Å². The Balaban J connectivity index is 0.00000133. The lowest BCUT2D eigenvalue weighted by atomic mass is 10.1. The summed E-state index contributed by atoms with van der Waals surface area (Å²) in [5.74, 6) is 0. The third-order valence-corrected chi connectivity index (χ3v) is 7.00. The number of nitrogens with zero attached hydrogens (tertiary/aromatic N) is 2. The molecule has 3 saturated heterocycles. The summed E-state index contributed by atoms with van der Waals surface area (Å²) >= 11 is 0. The lowest BCUT2D eigenvalue weighted by molar-refractivity contribution is -0.935. The van der Waals surface area contributed by atoms with Gasteiger partial charge < -0.3 is 21.4 Å². The molecule has 112 valence electrons. The van der Waals surface area contributed by atoms with Gasteiger partial charge in [0.1, 0.15) is 0 Å². The van der Waals surface area contributed by atoms with Crippen molar-refractivity contribution in [1.82, 2.24) is 9.76 Å². The van der Waals surface area contributed by atoms with Gasteiger partial charge in [0.15, 0.2) is 0 Å². The molecular weight excluding hydrogens is 285 g/mol. The first-order valence-electron chi connectivity index (χ1n) is 7.33. The van der Waals surface area contributed by atoms with Crippen LogP contribution in [0.4, 0.5) is 0 Å². The highest BCUT2D eigenvalue weighted by Crippen LogP contribution is 2.49. The summed E-state index contributed by atoms with van der Waals surface area (Å²) in [6, 6.07) is 0. The summed E-state index contributed by atoms with van der Waals surface area (Å²) < 4.78 is 21.5. The van der Waals surface area contributed by atoms with Crippen LogP contribution in [0.15, 0.2) is 0 Å². The summed E-state index contributed by atoms with van der Waals surface area (Å²) in [5.41, 5.74) is 0. The average molecular weight is 310 g/mol. The van der Waals surface area contributed by atoms with Crippen LogP contribution in [0.2, 0.25) is 0 Å². The van der Waals surface area contributed by atoms with E-state index < -0.39 is 7.67 Å². The Hall–Kier alpha value is 0.360. The van der Waals surface area contributed by atoms with Crippen LogP contribution in [-0.2, 0) is 9.09 Å². The molecule has 0 saturated carbocycles. The molecule has 0 radical (unpaired) electrons. The number of rotatable bonds is 1. The Morgan fingerprint density at radius 1 is 1.00 bits per heavy atom.